The summed E-state index contributed by atoms with van der Waals surface area (Å²) in [6.45, 7) is 1.65. The highest BCUT2D eigenvalue weighted by Gasteiger charge is 2.34. The Balaban J connectivity index is 1.87. The van der Waals surface area contributed by atoms with Gasteiger partial charge in [0.15, 0.2) is 5.82 Å². The largest absolute Gasteiger partial charge is 0.478 e. The van der Waals surface area contributed by atoms with Gasteiger partial charge in [0.25, 0.3) is 0 Å². The van der Waals surface area contributed by atoms with Gasteiger partial charge in [-0.1, -0.05) is 30.3 Å². The van der Waals surface area contributed by atoms with Crippen LogP contribution in [0.4, 0.5) is 22.0 Å². The van der Waals surface area contributed by atoms with Crippen LogP contribution in [0.1, 0.15) is 21.6 Å². The maximum absolute atomic E-state index is 14.5. The zero-order valence-corrected chi connectivity index (χ0v) is 17.5. The number of rotatable bonds is 4. The van der Waals surface area contributed by atoms with E-state index in [-0.39, 0.29) is 22.6 Å². The number of carboxylic acid groups (broad SMARTS) is 1. The van der Waals surface area contributed by atoms with Gasteiger partial charge < -0.3 is 5.11 Å². The molecule has 0 aliphatic carbocycles. The lowest BCUT2D eigenvalue weighted by Crippen LogP contribution is -2.10. The zero-order valence-electron chi connectivity index (χ0n) is 17.5. The third-order valence-electron chi connectivity index (χ3n) is 5.07. The SMILES string of the molecule is Cc1ccc(-c2cc(C(F)(F)F)nc(-c3cccc(-c4ccc(F)c(C(=O)O)c4)c3)n2)c(F)c1. The van der Waals surface area contributed by atoms with Gasteiger partial charge in [0, 0.05) is 11.1 Å². The van der Waals surface area contributed by atoms with Crippen molar-refractivity contribution >= 4 is 5.97 Å². The molecule has 0 aliphatic rings. The minimum absolute atomic E-state index is 0.111. The molecular formula is C25H15F5N2O2. The summed E-state index contributed by atoms with van der Waals surface area (Å²) in [5.41, 5.74) is -0.627. The number of carbonyl (C=O) groups is 1. The number of nitrogens with zero attached hydrogens (tertiary/aromatic N) is 2. The molecule has 0 atom stereocenters. The van der Waals surface area contributed by atoms with Crippen LogP contribution in [0.25, 0.3) is 33.8 Å². The number of hydrogen-bond acceptors (Lipinski definition) is 3. The number of hydrogen-bond donors (Lipinski definition) is 1. The van der Waals surface area contributed by atoms with Crippen LogP contribution in [-0.4, -0.2) is 21.0 Å². The van der Waals surface area contributed by atoms with Crippen molar-refractivity contribution < 1.29 is 31.9 Å². The summed E-state index contributed by atoms with van der Waals surface area (Å²) < 4.78 is 69.0. The molecule has 0 bridgehead atoms. The fourth-order valence-electron chi connectivity index (χ4n) is 3.39. The van der Waals surface area contributed by atoms with Gasteiger partial charge in [0.2, 0.25) is 0 Å². The number of aryl methyl sites for hydroxylation is 1. The molecule has 4 aromatic rings. The summed E-state index contributed by atoms with van der Waals surface area (Å²) in [5, 5.41) is 9.16. The quantitative estimate of drug-likeness (QED) is 0.334. The smallest absolute Gasteiger partial charge is 0.433 e. The van der Waals surface area contributed by atoms with Crippen LogP contribution in [0.3, 0.4) is 0 Å². The fourth-order valence-corrected chi connectivity index (χ4v) is 3.39. The van der Waals surface area contributed by atoms with Crippen molar-refractivity contribution in [3.05, 3.63) is 95.2 Å². The third-order valence-corrected chi connectivity index (χ3v) is 5.07. The molecule has 0 radical (unpaired) electrons. The second-order valence-electron chi connectivity index (χ2n) is 7.52. The first-order chi connectivity index (χ1) is 16.0. The van der Waals surface area contributed by atoms with Gasteiger partial charge in [0.1, 0.15) is 17.3 Å². The average molecular weight is 470 g/mol. The van der Waals surface area contributed by atoms with E-state index in [9.17, 15) is 26.7 Å². The highest BCUT2D eigenvalue weighted by molar-refractivity contribution is 5.90. The van der Waals surface area contributed by atoms with Crippen LogP contribution in [-0.2, 0) is 6.18 Å². The van der Waals surface area contributed by atoms with E-state index in [2.05, 4.69) is 9.97 Å². The third kappa shape index (κ3) is 4.63. The van der Waals surface area contributed by atoms with Crippen LogP contribution in [0, 0.1) is 18.6 Å². The summed E-state index contributed by atoms with van der Waals surface area (Å²) in [5.74, 6) is -3.40. The number of benzene rings is 3. The molecule has 0 aliphatic heterocycles. The Morgan fingerprint density at radius 2 is 1.53 bits per heavy atom. The van der Waals surface area contributed by atoms with Gasteiger partial charge in [-0.25, -0.2) is 23.5 Å². The van der Waals surface area contributed by atoms with Gasteiger partial charge in [-0.05, 0) is 60.0 Å². The van der Waals surface area contributed by atoms with Crippen LogP contribution in [0.15, 0.2) is 66.7 Å². The van der Waals surface area contributed by atoms with Gasteiger partial charge in [-0.3, -0.25) is 0 Å². The number of carboxylic acids is 1. The first-order valence-electron chi connectivity index (χ1n) is 9.89. The van der Waals surface area contributed by atoms with Crippen molar-refractivity contribution in [3.8, 4) is 33.8 Å². The normalized spacial score (nSPS) is 11.5. The lowest BCUT2D eigenvalue weighted by atomic mass is 10.00. The summed E-state index contributed by atoms with van der Waals surface area (Å²) in [7, 11) is 0. The number of alkyl halides is 3. The van der Waals surface area contributed by atoms with Crippen LogP contribution < -0.4 is 0 Å². The second kappa shape index (κ2) is 8.66. The van der Waals surface area contributed by atoms with E-state index >= 15 is 0 Å². The Bertz CT molecular complexity index is 1420. The van der Waals surface area contributed by atoms with Crippen LogP contribution >= 0.6 is 0 Å². The first-order valence-corrected chi connectivity index (χ1v) is 9.89. The highest BCUT2D eigenvalue weighted by Crippen LogP contribution is 2.34. The minimum atomic E-state index is -4.81. The molecular weight excluding hydrogens is 455 g/mol. The Hall–Kier alpha value is -4.14. The Kier molecular flexibility index (Phi) is 5.87. The first kappa shape index (κ1) is 23.0. The summed E-state index contributed by atoms with van der Waals surface area (Å²) >= 11 is 0. The summed E-state index contributed by atoms with van der Waals surface area (Å²) in [4.78, 5) is 19.0. The molecule has 0 unspecified atom stereocenters. The van der Waals surface area contributed by atoms with Gasteiger partial charge in [0.05, 0.1) is 11.3 Å². The number of aromatic carboxylic acids is 1. The second-order valence-corrected chi connectivity index (χ2v) is 7.52. The van der Waals surface area contributed by atoms with Crippen molar-refractivity contribution in [2.45, 2.75) is 13.1 Å². The Morgan fingerprint density at radius 3 is 2.21 bits per heavy atom. The maximum atomic E-state index is 14.5. The fraction of sp³-hybridized carbons (Fsp3) is 0.0800. The molecule has 0 amide bonds. The van der Waals surface area contributed by atoms with Crippen molar-refractivity contribution in [1.29, 1.82) is 0 Å². The molecule has 1 aromatic heterocycles. The van der Waals surface area contributed by atoms with E-state index in [1.54, 1.807) is 19.1 Å². The molecule has 0 saturated carbocycles. The van der Waals surface area contributed by atoms with Gasteiger partial charge >= 0.3 is 12.1 Å². The number of aromatic nitrogens is 2. The van der Waals surface area contributed by atoms with Gasteiger partial charge in [-0.2, -0.15) is 13.2 Å². The van der Waals surface area contributed by atoms with E-state index < -0.39 is 35.0 Å². The molecule has 4 rings (SSSR count). The van der Waals surface area contributed by atoms with Gasteiger partial charge in [-0.15, -0.1) is 0 Å². The van der Waals surface area contributed by atoms with E-state index in [4.69, 9.17) is 5.11 Å². The van der Waals surface area contributed by atoms with E-state index in [0.29, 0.717) is 22.8 Å². The molecule has 9 heteroatoms. The predicted octanol–water partition coefficient (Wildman–Crippen LogP) is 6.78. The molecule has 172 valence electrons. The number of halogens is 5. The molecule has 0 spiro atoms. The lowest BCUT2D eigenvalue weighted by molar-refractivity contribution is -0.141. The molecule has 0 saturated heterocycles. The zero-order chi connectivity index (χ0) is 24.6. The Morgan fingerprint density at radius 1 is 0.824 bits per heavy atom. The van der Waals surface area contributed by atoms with Crippen molar-refractivity contribution in [2.75, 3.05) is 0 Å². The van der Waals surface area contributed by atoms with Crippen molar-refractivity contribution in [3.63, 3.8) is 0 Å². The predicted molar refractivity (Wildman–Crippen MR) is 115 cm³/mol. The van der Waals surface area contributed by atoms with Crippen LogP contribution in [0.5, 0.6) is 0 Å². The summed E-state index contributed by atoms with van der Waals surface area (Å²) in [6.07, 6.45) is -4.81. The van der Waals surface area contributed by atoms with E-state index in [1.165, 1.54) is 36.4 Å². The molecule has 4 nitrogen and oxygen atoms in total. The average Bonchev–Trinajstić information content (AvgIpc) is 2.78. The van der Waals surface area contributed by atoms with Crippen LogP contribution in [0.2, 0.25) is 0 Å². The maximum Gasteiger partial charge on any atom is 0.433 e. The molecule has 3 aromatic carbocycles. The van der Waals surface area contributed by atoms with E-state index in [0.717, 1.165) is 12.1 Å². The molecule has 34 heavy (non-hydrogen) atoms. The van der Waals surface area contributed by atoms with Crippen molar-refractivity contribution in [1.82, 2.24) is 9.97 Å². The molecule has 1 N–H and O–H groups in total. The molecule has 0 fully saturated rings. The summed E-state index contributed by atoms with van der Waals surface area (Å²) in [6, 6.07) is 14.3. The Labute approximate surface area is 190 Å². The van der Waals surface area contributed by atoms with Crippen molar-refractivity contribution in [2.24, 2.45) is 0 Å². The lowest BCUT2D eigenvalue weighted by Gasteiger charge is -2.12. The standard InChI is InChI=1S/C25H15F5N2O2/c1-13-5-7-17(20(27)9-13)21-12-22(25(28,29)30)32-23(31-21)16-4-2-3-14(10-16)15-6-8-19(26)18(11-15)24(33)34/h2-12H,1H3,(H,33,34). The minimum Gasteiger partial charge on any atom is -0.478 e. The monoisotopic (exact) mass is 470 g/mol. The topological polar surface area (TPSA) is 63.1 Å². The highest BCUT2D eigenvalue weighted by atomic mass is 19.4. The van der Waals surface area contributed by atoms with E-state index in [1.807, 2.05) is 0 Å². The molecule has 1 heterocycles.